The van der Waals surface area contributed by atoms with Crippen molar-refractivity contribution in [2.75, 3.05) is 6.54 Å². The van der Waals surface area contributed by atoms with Gasteiger partial charge in [0.1, 0.15) is 12.0 Å². The molecule has 27 heavy (non-hydrogen) atoms. The summed E-state index contributed by atoms with van der Waals surface area (Å²) in [7, 11) is 0. The van der Waals surface area contributed by atoms with Gasteiger partial charge in [-0.2, -0.15) is 0 Å². The molecule has 0 spiro atoms. The highest BCUT2D eigenvalue weighted by atomic mass is 16.5. The number of benzene rings is 1. The number of ether oxygens (including phenoxy) is 1. The number of aromatic nitrogens is 2. The highest BCUT2D eigenvalue weighted by molar-refractivity contribution is 5.92. The average Bonchev–Trinajstić information content (AvgIpc) is 3.36. The third-order valence-electron chi connectivity index (χ3n) is 4.97. The molecule has 1 aliphatic rings. The Morgan fingerprint density at radius 3 is 3.19 bits per heavy atom. The van der Waals surface area contributed by atoms with Gasteiger partial charge < -0.3 is 14.1 Å². The van der Waals surface area contributed by atoms with Crippen LogP contribution in [0.2, 0.25) is 0 Å². The summed E-state index contributed by atoms with van der Waals surface area (Å²) in [5.41, 5.74) is 1.28. The number of fused-ring (bicyclic) bond motifs is 1. The number of pyridine rings is 1. The van der Waals surface area contributed by atoms with E-state index in [1.807, 2.05) is 35.2 Å². The number of carbonyl (C=O) groups excluding carboxylic acids is 1. The van der Waals surface area contributed by atoms with Crippen LogP contribution >= 0.6 is 0 Å². The molecular weight excluding hydrogens is 342 g/mol. The van der Waals surface area contributed by atoms with Crippen molar-refractivity contribution in [2.24, 2.45) is 0 Å². The van der Waals surface area contributed by atoms with Gasteiger partial charge in [0.25, 0.3) is 5.91 Å². The first kappa shape index (κ1) is 17.5. The molecule has 0 aliphatic carbocycles. The third kappa shape index (κ3) is 3.79. The predicted octanol–water partition coefficient (Wildman–Crippen LogP) is 4.21. The summed E-state index contributed by atoms with van der Waals surface area (Å²) in [6.07, 6.45) is 7.45. The van der Waals surface area contributed by atoms with Gasteiger partial charge in [-0.3, -0.25) is 9.78 Å². The molecule has 6 heteroatoms. The lowest BCUT2D eigenvalue weighted by molar-refractivity contribution is 0.0724. The highest BCUT2D eigenvalue weighted by Crippen LogP contribution is 2.24. The number of carbonyl (C=O) groups is 1. The zero-order valence-electron chi connectivity index (χ0n) is 15.4. The van der Waals surface area contributed by atoms with E-state index < -0.39 is 0 Å². The molecule has 1 saturated heterocycles. The van der Waals surface area contributed by atoms with Crippen molar-refractivity contribution in [3.05, 3.63) is 54.4 Å². The summed E-state index contributed by atoms with van der Waals surface area (Å²) in [6.45, 7) is 3.13. The fraction of sp³-hybridized carbons (Fsp3) is 0.381. The maximum Gasteiger partial charge on any atom is 0.276 e. The Morgan fingerprint density at radius 1 is 1.37 bits per heavy atom. The first-order valence-electron chi connectivity index (χ1n) is 9.47. The third-order valence-corrected chi connectivity index (χ3v) is 4.97. The molecule has 2 aromatic heterocycles. The van der Waals surface area contributed by atoms with E-state index >= 15 is 0 Å². The van der Waals surface area contributed by atoms with Crippen molar-refractivity contribution in [1.29, 1.82) is 0 Å². The fourth-order valence-corrected chi connectivity index (χ4v) is 3.65. The standard InChI is InChI=1S/C21H23N3O3/c1-2-5-16-7-4-11-24(16)21(25)19-13-27-20(23-19)14-26-17-8-9-18-15(12-17)6-3-10-22-18/h3,6,8-10,12-13,16H,2,4-5,7,11,14H2,1H3/t16-/m1/s1. The Kier molecular flexibility index (Phi) is 5.05. The van der Waals surface area contributed by atoms with Gasteiger partial charge in [0.15, 0.2) is 12.3 Å². The number of rotatable bonds is 6. The highest BCUT2D eigenvalue weighted by Gasteiger charge is 2.30. The molecule has 6 nitrogen and oxygen atoms in total. The quantitative estimate of drug-likeness (QED) is 0.655. The molecule has 1 fully saturated rings. The second-order valence-corrected chi connectivity index (χ2v) is 6.86. The predicted molar refractivity (Wildman–Crippen MR) is 102 cm³/mol. The lowest BCUT2D eigenvalue weighted by Crippen LogP contribution is -2.35. The van der Waals surface area contributed by atoms with Crippen LogP contribution in [0.15, 0.2) is 47.2 Å². The van der Waals surface area contributed by atoms with Crippen molar-refractivity contribution >= 4 is 16.8 Å². The normalized spacial score (nSPS) is 16.8. The van der Waals surface area contributed by atoms with Gasteiger partial charge in [-0.1, -0.05) is 19.4 Å². The Morgan fingerprint density at radius 2 is 2.30 bits per heavy atom. The molecule has 140 valence electrons. The second-order valence-electron chi connectivity index (χ2n) is 6.86. The molecular formula is C21H23N3O3. The van der Waals surface area contributed by atoms with Gasteiger partial charge in [-0.05, 0) is 43.5 Å². The number of hydrogen-bond donors (Lipinski definition) is 0. The number of hydrogen-bond acceptors (Lipinski definition) is 5. The van der Waals surface area contributed by atoms with Gasteiger partial charge in [-0.25, -0.2) is 4.98 Å². The van der Waals surface area contributed by atoms with Gasteiger partial charge in [-0.15, -0.1) is 0 Å². The Hall–Kier alpha value is -2.89. The Balaban J connectivity index is 1.40. The van der Waals surface area contributed by atoms with E-state index in [1.165, 1.54) is 6.26 Å². The van der Waals surface area contributed by atoms with E-state index in [4.69, 9.17) is 9.15 Å². The summed E-state index contributed by atoms with van der Waals surface area (Å²) in [6, 6.07) is 9.91. The summed E-state index contributed by atoms with van der Waals surface area (Å²) in [5.74, 6) is 1.07. The zero-order chi connectivity index (χ0) is 18.6. The lowest BCUT2D eigenvalue weighted by atomic mass is 10.1. The molecule has 4 rings (SSSR count). The van der Waals surface area contributed by atoms with Crippen LogP contribution in [0.4, 0.5) is 0 Å². The molecule has 1 atom stereocenters. The first-order chi connectivity index (χ1) is 13.2. The van der Waals surface area contributed by atoms with Crippen LogP contribution in [-0.2, 0) is 6.61 Å². The van der Waals surface area contributed by atoms with Gasteiger partial charge >= 0.3 is 0 Å². The van der Waals surface area contributed by atoms with E-state index in [0.717, 1.165) is 43.1 Å². The Bertz CT molecular complexity index is 937. The van der Waals surface area contributed by atoms with E-state index in [9.17, 15) is 4.79 Å². The first-order valence-corrected chi connectivity index (χ1v) is 9.47. The molecule has 3 aromatic rings. The van der Waals surface area contributed by atoms with Crippen molar-refractivity contribution in [3.63, 3.8) is 0 Å². The maximum absolute atomic E-state index is 12.7. The molecule has 1 aromatic carbocycles. The molecule has 0 bridgehead atoms. The second kappa shape index (κ2) is 7.78. The minimum absolute atomic E-state index is 0.0438. The average molecular weight is 365 g/mol. The molecule has 1 aliphatic heterocycles. The fourth-order valence-electron chi connectivity index (χ4n) is 3.65. The zero-order valence-corrected chi connectivity index (χ0v) is 15.4. The minimum atomic E-state index is -0.0438. The van der Waals surface area contributed by atoms with Crippen LogP contribution in [0.5, 0.6) is 5.75 Å². The number of oxazole rings is 1. The van der Waals surface area contributed by atoms with Crippen molar-refractivity contribution in [3.8, 4) is 5.75 Å². The van der Waals surface area contributed by atoms with E-state index in [-0.39, 0.29) is 12.5 Å². The number of amides is 1. The SMILES string of the molecule is CCC[C@@H]1CCCN1C(=O)c1coc(COc2ccc3ncccc3c2)n1. The van der Waals surface area contributed by atoms with E-state index in [2.05, 4.69) is 16.9 Å². The topological polar surface area (TPSA) is 68.5 Å². The largest absolute Gasteiger partial charge is 0.484 e. The van der Waals surface area contributed by atoms with Crippen LogP contribution in [0.1, 0.15) is 49.0 Å². The molecule has 0 unspecified atom stereocenters. The summed E-state index contributed by atoms with van der Waals surface area (Å²) < 4.78 is 11.2. The number of likely N-dealkylation sites (tertiary alicyclic amines) is 1. The minimum Gasteiger partial charge on any atom is -0.484 e. The van der Waals surface area contributed by atoms with Crippen LogP contribution in [0.25, 0.3) is 10.9 Å². The van der Waals surface area contributed by atoms with Crippen molar-refractivity contribution in [2.45, 2.75) is 45.3 Å². The lowest BCUT2D eigenvalue weighted by Gasteiger charge is -2.23. The maximum atomic E-state index is 12.7. The van der Waals surface area contributed by atoms with Crippen LogP contribution in [0, 0.1) is 0 Å². The van der Waals surface area contributed by atoms with E-state index in [0.29, 0.717) is 23.4 Å². The Labute approximate surface area is 158 Å². The van der Waals surface area contributed by atoms with Gasteiger partial charge in [0, 0.05) is 24.2 Å². The molecule has 0 saturated carbocycles. The summed E-state index contributed by atoms with van der Waals surface area (Å²) >= 11 is 0. The summed E-state index contributed by atoms with van der Waals surface area (Å²) in [5, 5.41) is 1.01. The number of nitrogens with zero attached hydrogens (tertiary/aromatic N) is 3. The van der Waals surface area contributed by atoms with Gasteiger partial charge in [0.2, 0.25) is 5.89 Å². The van der Waals surface area contributed by atoms with Crippen molar-refractivity contribution in [1.82, 2.24) is 14.9 Å². The van der Waals surface area contributed by atoms with Crippen molar-refractivity contribution < 1.29 is 13.9 Å². The monoisotopic (exact) mass is 365 g/mol. The van der Waals surface area contributed by atoms with Crippen LogP contribution in [0.3, 0.4) is 0 Å². The van der Waals surface area contributed by atoms with Crippen LogP contribution in [-0.4, -0.2) is 33.4 Å². The molecule has 1 amide bonds. The van der Waals surface area contributed by atoms with E-state index in [1.54, 1.807) is 6.20 Å². The molecule has 3 heterocycles. The molecule has 0 N–H and O–H groups in total. The molecule has 0 radical (unpaired) electrons. The smallest absolute Gasteiger partial charge is 0.276 e. The summed E-state index contributed by atoms with van der Waals surface area (Å²) in [4.78, 5) is 23.3. The van der Waals surface area contributed by atoms with Crippen LogP contribution < -0.4 is 4.74 Å². The van der Waals surface area contributed by atoms with Gasteiger partial charge in [0.05, 0.1) is 5.52 Å².